The SMILES string of the molecule is O=S1(=O)CCCCC1Cc1ncc(CCO)s1. The first kappa shape index (κ1) is 13.0. The van der Waals surface area contributed by atoms with Crippen molar-refractivity contribution in [3.8, 4) is 0 Å². The first-order chi connectivity index (χ1) is 8.12. The highest BCUT2D eigenvalue weighted by Crippen LogP contribution is 2.25. The van der Waals surface area contributed by atoms with Gasteiger partial charge in [-0.3, -0.25) is 0 Å². The van der Waals surface area contributed by atoms with Crippen LogP contribution in [0.3, 0.4) is 0 Å². The fraction of sp³-hybridized carbons (Fsp3) is 0.727. The highest BCUT2D eigenvalue weighted by Gasteiger charge is 2.29. The number of aliphatic hydroxyl groups is 1. The lowest BCUT2D eigenvalue weighted by molar-refractivity contribution is 0.300. The molecule has 0 spiro atoms. The van der Waals surface area contributed by atoms with E-state index in [4.69, 9.17) is 5.11 Å². The van der Waals surface area contributed by atoms with Gasteiger partial charge in [0.15, 0.2) is 9.84 Å². The van der Waals surface area contributed by atoms with Gasteiger partial charge in [0, 0.05) is 30.5 Å². The maximum atomic E-state index is 11.9. The molecule has 1 aromatic heterocycles. The molecule has 1 aliphatic rings. The van der Waals surface area contributed by atoms with E-state index in [-0.39, 0.29) is 11.9 Å². The Morgan fingerprint density at radius 1 is 1.47 bits per heavy atom. The van der Waals surface area contributed by atoms with Crippen LogP contribution in [0.4, 0.5) is 0 Å². The van der Waals surface area contributed by atoms with E-state index in [9.17, 15) is 8.42 Å². The van der Waals surface area contributed by atoms with Gasteiger partial charge in [-0.05, 0) is 12.8 Å². The van der Waals surface area contributed by atoms with Gasteiger partial charge in [-0.25, -0.2) is 13.4 Å². The van der Waals surface area contributed by atoms with Crippen molar-refractivity contribution in [3.63, 3.8) is 0 Å². The smallest absolute Gasteiger partial charge is 0.153 e. The molecule has 1 saturated heterocycles. The van der Waals surface area contributed by atoms with Crippen LogP contribution in [0, 0.1) is 0 Å². The molecule has 4 nitrogen and oxygen atoms in total. The van der Waals surface area contributed by atoms with E-state index in [2.05, 4.69) is 4.98 Å². The molecule has 0 bridgehead atoms. The second-order valence-corrected chi connectivity index (χ2v) is 7.98. The zero-order valence-electron chi connectivity index (χ0n) is 9.63. The van der Waals surface area contributed by atoms with Crippen molar-refractivity contribution in [3.05, 3.63) is 16.1 Å². The number of sulfone groups is 1. The van der Waals surface area contributed by atoms with Gasteiger partial charge in [-0.2, -0.15) is 0 Å². The first-order valence-corrected chi connectivity index (χ1v) is 8.41. The Kier molecular flexibility index (Phi) is 4.17. The summed E-state index contributed by atoms with van der Waals surface area (Å²) in [4.78, 5) is 5.26. The van der Waals surface area contributed by atoms with Crippen molar-refractivity contribution in [1.29, 1.82) is 0 Å². The molecule has 1 unspecified atom stereocenters. The highest BCUT2D eigenvalue weighted by molar-refractivity contribution is 7.92. The zero-order chi connectivity index (χ0) is 12.3. The molecule has 1 aromatic rings. The largest absolute Gasteiger partial charge is 0.396 e. The van der Waals surface area contributed by atoms with Crippen molar-refractivity contribution < 1.29 is 13.5 Å². The van der Waals surface area contributed by atoms with Crippen LogP contribution in [0.15, 0.2) is 6.20 Å². The molecule has 0 aliphatic carbocycles. The van der Waals surface area contributed by atoms with Gasteiger partial charge in [0.1, 0.15) is 0 Å². The normalized spacial score (nSPS) is 23.7. The lowest BCUT2D eigenvalue weighted by atomic mass is 10.1. The van der Waals surface area contributed by atoms with Crippen LogP contribution in [0.2, 0.25) is 0 Å². The highest BCUT2D eigenvalue weighted by atomic mass is 32.2. The average molecular weight is 275 g/mol. The Labute approximate surface area is 106 Å². The Hall–Kier alpha value is -0.460. The maximum absolute atomic E-state index is 11.9. The van der Waals surface area contributed by atoms with Crippen molar-refractivity contribution in [2.24, 2.45) is 0 Å². The minimum Gasteiger partial charge on any atom is -0.396 e. The van der Waals surface area contributed by atoms with E-state index in [0.717, 1.165) is 29.1 Å². The van der Waals surface area contributed by atoms with Gasteiger partial charge in [-0.15, -0.1) is 11.3 Å². The van der Waals surface area contributed by atoms with E-state index >= 15 is 0 Å². The zero-order valence-corrected chi connectivity index (χ0v) is 11.3. The Balaban J connectivity index is 2.04. The fourth-order valence-corrected chi connectivity index (χ4v) is 5.09. The van der Waals surface area contributed by atoms with Crippen molar-refractivity contribution in [2.75, 3.05) is 12.4 Å². The van der Waals surface area contributed by atoms with E-state index in [1.54, 1.807) is 6.20 Å². The van der Waals surface area contributed by atoms with E-state index in [1.807, 2.05) is 0 Å². The molecule has 2 rings (SSSR count). The van der Waals surface area contributed by atoms with Crippen LogP contribution in [-0.4, -0.2) is 36.1 Å². The number of rotatable bonds is 4. The Bertz CT molecular complexity index is 467. The quantitative estimate of drug-likeness (QED) is 0.896. The van der Waals surface area contributed by atoms with E-state index in [1.165, 1.54) is 11.3 Å². The second kappa shape index (κ2) is 5.46. The molecular formula is C11H17NO3S2. The monoisotopic (exact) mass is 275 g/mol. The van der Waals surface area contributed by atoms with Gasteiger partial charge >= 0.3 is 0 Å². The minimum absolute atomic E-state index is 0.114. The van der Waals surface area contributed by atoms with Crippen molar-refractivity contribution in [2.45, 2.75) is 37.4 Å². The van der Waals surface area contributed by atoms with Crippen molar-refractivity contribution >= 4 is 21.2 Å². The summed E-state index contributed by atoms with van der Waals surface area (Å²) in [5, 5.41) is 9.45. The first-order valence-electron chi connectivity index (χ1n) is 5.88. The summed E-state index contributed by atoms with van der Waals surface area (Å²) in [6, 6.07) is 0. The summed E-state index contributed by atoms with van der Waals surface area (Å²) in [7, 11) is -2.91. The number of aliphatic hydroxyl groups excluding tert-OH is 1. The number of hydrogen-bond acceptors (Lipinski definition) is 5. The molecule has 1 aliphatic heterocycles. The molecule has 96 valence electrons. The Morgan fingerprint density at radius 3 is 3.00 bits per heavy atom. The molecule has 1 atom stereocenters. The van der Waals surface area contributed by atoms with Crippen LogP contribution in [-0.2, 0) is 22.7 Å². The molecule has 0 radical (unpaired) electrons. The lowest BCUT2D eigenvalue weighted by Gasteiger charge is -2.21. The average Bonchev–Trinajstić information content (AvgIpc) is 2.70. The van der Waals surface area contributed by atoms with Crippen LogP contribution in [0.5, 0.6) is 0 Å². The molecule has 0 amide bonds. The second-order valence-electron chi connectivity index (χ2n) is 4.38. The molecule has 0 saturated carbocycles. The third kappa shape index (κ3) is 3.26. The van der Waals surface area contributed by atoms with E-state index < -0.39 is 9.84 Å². The van der Waals surface area contributed by atoms with Crippen LogP contribution < -0.4 is 0 Å². The van der Waals surface area contributed by atoms with Crippen LogP contribution in [0.25, 0.3) is 0 Å². The lowest BCUT2D eigenvalue weighted by Crippen LogP contribution is -2.30. The van der Waals surface area contributed by atoms with Gasteiger partial charge < -0.3 is 5.11 Å². The topological polar surface area (TPSA) is 67.3 Å². The third-order valence-electron chi connectivity index (χ3n) is 3.07. The molecule has 17 heavy (non-hydrogen) atoms. The molecular weight excluding hydrogens is 258 g/mol. The summed E-state index contributed by atoms with van der Waals surface area (Å²) < 4.78 is 23.7. The number of aromatic nitrogens is 1. The van der Waals surface area contributed by atoms with Crippen LogP contribution in [0.1, 0.15) is 29.1 Å². The Morgan fingerprint density at radius 2 is 2.29 bits per heavy atom. The molecule has 1 N–H and O–H groups in total. The summed E-state index contributed by atoms with van der Waals surface area (Å²) >= 11 is 1.52. The summed E-state index contributed by atoms with van der Waals surface area (Å²) in [6.45, 7) is 0.114. The van der Waals surface area contributed by atoms with Gasteiger partial charge in [0.05, 0.1) is 16.0 Å². The molecule has 0 aromatic carbocycles. The van der Waals surface area contributed by atoms with Gasteiger partial charge in [0.25, 0.3) is 0 Å². The molecule has 6 heteroatoms. The summed E-state index contributed by atoms with van der Waals surface area (Å²) in [6.07, 6.45) is 5.45. The fourth-order valence-electron chi connectivity index (χ4n) is 2.11. The predicted molar refractivity (Wildman–Crippen MR) is 68.0 cm³/mol. The standard InChI is InChI=1S/C11H17NO3S2/c13-5-4-9-8-12-11(16-9)7-10-3-1-2-6-17(10,14)15/h8,10,13H,1-7H2. The van der Waals surface area contributed by atoms with Gasteiger partial charge in [-0.1, -0.05) is 6.42 Å². The maximum Gasteiger partial charge on any atom is 0.153 e. The molecule has 1 fully saturated rings. The molecule has 2 heterocycles. The predicted octanol–water partition coefficient (Wildman–Crippen LogP) is 1.19. The van der Waals surface area contributed by atoms with E-state index in [0.29, 0.717) is 18.6 Å². The summed E-state index contributed by atoms with van der Waals surface area (Å²) in [5.74, 6) is 0.326. The van der Waals surface area contributed by atoms with Gasteiger partial charge in [0.2, 0.25) is 0 Å². The minimum atomic E-state index is -2.91. The summed E-state index contributed by atoms with van der Waals surface area (Å²) in [5.41, 5.74) is 0. The number of thiazole rings is 1. The van der Waals surface area contributed by atoms with Crippen molar-refractivity contribution in [1.82, 2.24) is 4.98 Å². The van der Waals surface area contributed by atoms with Crippen LogP contribution >= 0.6 is 11.3 Å². The number of hydrogen-bond donors (Lipinski definition) is 1. The number of nitrogens with zero attached hydrogens (tertiary/aromatic N) is 1. The third-order valence-corrected chi connectivity index (χ3v) is 6.43.